The largest absolute Gasteiger partial charge is 0.462 e. The molecule has 0 atom stereocenters. The SMILES string of the molecule is C=CC(=O)OCCc1cccs1. The summed E-state index contributed by atoms with van der Waals surface area (Å²) >= 11 is 1.67. The van der Waals surface area contributed by atoms with E-state index in [0.29, 0.717) is 6.61 Å². The maximum Gasteiger partial charge on any atom is 0.330 e. The van der Waals surface area contributed by atoms with E-state index < -0.39 is 0 Å². The van der Waals surface area contributed by atoms with Crippen molar-refractivity contribution in [3.8, 4) is 0 Å². The van der Waals surface area contributed by atoms with E-state index >= 15 is 0 Å². The number of hydrogen-bond acceptors (Lipinski definition) is 3. The van der Waals surface area contributed by atoms with Crippen molar-refractivity contribution < 1.29 is 9.53 Å². The highest BCUT2D eigenvalue weighted by Crippen LogP contribution is 2.08. The molecule has 3 heteroatoms. The Kier molecular flexibility index (Phi) is 3.54. The summed E-state index contributed by atoms with van der Waals surface area (Å²) in [5.74, 6) is -0.355. The van der Waals surface area contributed by atoms with Gasteiger partial charge in [-0.15, -0.1) is 11.3 Å². The summed E-state index contributed by atoms with van der Waals surface area (Å²) in [4.78, 5) is 11.8. The van der Waals surface area contributed by atoms with Crippen molar-refractivity contribution in [2.75, 3.05) is 6.61 Å². The van der Waals surface area contributed by atoms with Crippen molar-refractivity contribution in [3.63, 3.8) is 0 Å². The van der Waals surface area contributed by atoms with Gasteiger partial charge in [-0.1, -0.05) is 12.6 Å². The number of esters is 1. The smallest absolute Gasteiger partial charge is 0.330 e. The second-order valence-corrected chi connectivity index (χ2v) is 3.23. The van der Waals surface area contributed by atoms with Crippen molar-refractivity contribution in [1.82, 2.24) is 0 Å². The summed E-state index contributed by atoms with van der Waals surface area (Å²) in [7, 11) is 0. The van der Waals surface area contributed by atoms with Crippen LogP contribution in [0.1, 0.15) is 4.88 Å². The van der Waals surface area contributed by atoms with Gasteiger partial charge in [0.1, 0.15) is 0 Å². The highest BCUT2D eigenvalue weighted by atomic mass is 32.1. The summed E-state index contributed by atoms with van der Waals surface area (Å²) in [5, 5.41) is 2.00. The fourth-order valence-corrected chi connectivity index (χ4v) is 1.46. The maximum absolute atomic E-state index is 10.6. The number of carbonyl (C=O) groups excluding carboxylic acids is 1. The van der Waals surface area contributed by atoms with Crippen LogP contribution in [0.5, 0.6) is 0 Å². The molecule has 0 saturated heterocycles. The number of ether oxygens (including phenoxy) is 1. The number of thiophene rings is 1. The topological polar surface area (TPSA) is 26.3 Å². The molecule has 0 radical (unpaired) electrons. The van der Waals surface area contributed by atoms with Gasteiger partial charge < -0.3 is 4.74 Å². The zero-order chi connectivity index (χ0) is 8.81. The zero-order valence-electron chi connectivity index (χ0n) is 6.66. The first-order valence-corrected chi connectivity index (χ1v) is 4.52. The quantitative estimate of drug-likeness (QED) is 0.526. The van der Waals surface area contributed by atoms with E-state index in [1.165, 1.54) is 11.0 Å². The third kappa shape index (κ3) is 2.88. The van der Waals surface area contributed by atoms with Gasteiger partial charge in [0, 0.05) is 17.4 Å². The molecule has 0 aliphatic carbocycles. The first kappa shape index (κ1) is 9.00. The Morgan fingerprint density at radius 3 is 3.17 bits per heavy atom. The Bertz CT molecular complexity index is 252. The first-order chi connectivity index (χ1) is 5.83. The molecule has 0 fully saturated rings. The molecule has 0 aliphatic rings. The van der Waals surface area contributed by atoms with Crippen molar-refractivity contribution in [2.45, 2.75) is 6.42 Å². The molecular formula is C9H10O2S. The van der Waals surface area contributed by atoms with Gasteiger partial charge in [0.15, 0.2) is 0 Å². The maximum atomic E-state index is 10.6. The Morgan fingerprint density at radius 1 is 1.75 bits per heavy atom. The fourth-order valence-electron chi connectivity index (χ4n) is 0.766. The van der Waals surface area contributed by atoms with Gasteiger partial charge in [0.2, 0.25) is 0 Å². The predicted molar refractivity (Wildman–Crippen MR) is 49.2 cm³/mol. The average molecular weight is 182 g/mol. The molecule has 1 heterocycles. The second kappa shape index (κ2) is 4.72. The minimum atomic E-state index is -0.355. The molecule has 0 N–H and O–H groups in total. The molecule has 0 saturated carbocycles. The second-order valence-electron chi connectivity index (χ2n) is 2.20. The highest BCUT2D eigenvalue weighted by Gasteiger charge is 1.96. The van der Waals surface area contributed by atoms with Crippen molar-refractivity contribution in [1.29, 1.82) is 0 Å². The van der Waals surface area contributed by atoms with Gasteiger partial charge >= 0.3 is 5.97 Å². The summed E-state index contributed by atoms with van der Waals surface area (Å²) < 4.78 is 4.81. The Balaban J connectivity index is 2.19. The Labute approximate surface area is 75.5 Å². The van der Waals surface area contributed by atoms with Crippen LogP contribution in [-0.2, 0) is 16.0 Å². The third-order valence-electron chi connectivity index (χ3n) is 1.34. The zero-order valence-corrected chi connectivity index (χ0v) is 7.47. The summed E-state index contributed by atoms with van der Waals surface area (Å²) in [6, 6.07) is 4.00. The van der Waals surface area contributed by atoms with E-state index in [2.05, 4.69) is 6.58 Å². The van der Waals surface area contributed by atoms with Gasteiger partial charge in [0.25, 0.3) is 0 Å². The van der Waals surface area contributed by atoms with Crippen LogP contribution in [0.3, 0.4) is 0 Å². The van der Waals surface area contributed by atoms with Crippen LogP contribution in [0.25, 0.3) is 0 Å². The predicted octanol–water partition coefficient (Wildman–Crippen LogP) is 2.02. The molecule has 2 nitrogen and oxygen atoms in total. The molecule has 64 valence electrons. The monoisotopic (exact) mass is 182 g/mol. The lowest BCUT2D eigenvalue weighted by atomic mass is 10.4. The molecular weight excluding hydrogens is 172 g/mol. The summed E-state index contributed by atoms with van der Waals surface area (Å²) in [5.41, 5.74) is 0. The third-order valence-corrected chi connectivity index (χ3v) is 2.28. The Hall–Kier alpha value is -1.09. The lowest BCUT2D eigenvalue weighted by Gasteiger charge is -1.98. The molecule has 0 spiro atoms. The minimum Gasteiger partial charge on any atom is -0.462 e. The van der Waals surface area contributed by atoms with E-state index in [1.54, 1.807) is 11.3 Å². The fraction of sp³-hybridized carbons (Fsp3) is 0.222. The van der Waals surface area contributed by atoms with Crippen molar-refractivity contribution in [3.05, 3.63) is 35.0 Å². The molecule has 12 heavy (non-hydrogen) atoms. The van der Waals surface area contributed by atoms with Gasteiger partial charge in [0.05, 0.1) is 6.61 Å². The van der Waals surface area contributed by atoms with Crippen LogP contribution < -0.4 is 0 Å². The van der Waals surface area contributed by atoms with Gasteiger partial charge in [-0.3, -0.25) is 0 Å². The van der Waals surface area contributed by atoms with E-state index in [0.717, 1.165) is 6.42 Å². The number of hydrogen-bond donors (Lipinski definition) is 0. The van der Waals surface area contributed by atoms with E-state index in [1.807, 2.05) is 17.5 Å². The summed E-state index contributed by atoms with van der Waals surface area (Å²) in [6.45, 7) is 3.74. The Morgan fingerprint density at radius 2 is 2.58 bits per heavy atom. The van der Waals surface area contributed by atoms with Gasteiger partial charge in [-0.05, 0) is 11.4 Å². The van der Waals surface area contributed by atoms with Crippen LogP contribution in [-0.4, -0.2) is 12.6 Å². The number of rotatable bonds is 4. The van der Waals surface area contributed by atoms with Crippen LogP contribution in [0.4, 0.5) is 0 Å². The lowest BCUT2D eigenvalue weighted by molar-refractivity contribution is -0.137. The first-order valence-electron chi connectivity index (χ1n) is 3.64. The average Bonchev–Trinajstić information content (AvgIpc) is 2.57. The molecule has 0 unspecified atom stereocenters. The molecule has 1 aromatic rings. The molecule has 0 amide bonds. The van der Waals surface area contributed by atoms with Crippen LogP contribution >= 0.6 is 11.3 Å². The number of carbonyl (C=O) groups is 1. The molecule has 0 aliphatic heterocycles. The molecule has 0 bridgehead atoms. The van der Waals surface area contributed by atoms with Gasteiger partial charge in [-0.2, -0.15) is 0 Å². The molecule has 1 aromatic heterocycles. The van der Waals surface area contributed by atoms with Crippen LogP contribution in [0.2, 0.25) is 0 Å². The van der Waals surface area contributed by atoms with Crippen LogP contribution in [0.15, 0.2) is 30.2 Å². The molecule has 0 aromatic carbocycles. The lowest BCUT2D eigenvalue weighted by Crippen LogP contribution is -2.03. The van der Waals surface area contributed by atoms with E-state index in [-0.39, 0.29) is 5.97 Å². The van der Waals surface area contributed by atoms with Crippen molar-refractivity contribution >= 4 is 17.3 Å². The normalized spacial score (nSPS) is 9.33. The molecule has 1 rings (SSSR count). The minimum absolute atomic E-state index is 0.355. The van der Waals surface area contributed by atoms with Gasteiger partial charge in [-0.25, -0.2) is 4.79 Å². The summed E-state index contributed by atoms with van der Waals surface area (Å²) in [6.07, 6.45) is 1.96. The highest BCUT2D eigenvalue weighted by molar-refractivity contribution is 7.09. The van der Waals surface area contributed by atoms with Crippen LogP contribution in [0, 0.1) is 0 Å². The standard InChI is InChI=1S/C9H10O2S/c1-2-9(10)11-6-5-8-4-3-7-12-8/h2-4,7H,1,5-6H2. The van der Waals surface area contributed by atoms with Crippen molar-refractivity contribution in [2.24, 2.45) is 0 Å². The van der Waals surface area contributed by atoms with E-state index in [4.69, 9.17) is 4.74 Å². The van der Waals surface area contributed by atoms with E-state index in [9.17, 15) is 4.79 Å².